The summed E-state index contributed by atoms with van der Waals surface area (Å²) in [6, 6.07) is 7.00. The van der Waals surface area contributed by atoms with Gasteiger partial charge in [0.05, 0.1) is 5.92 Å². The normalized spacial score (nSPS) is 20.5. The molecule has 7 heteroatoms. The molecule has 28 heavy (non-hydrogen) atoms. The molecule has 0 aliphatic carbocycles. The summed E-state index contributed by atoms with van der Waals surface area (Å²) < 4.78 is 0. The Morgan fingerprint density at radius 1 is 1.18 bits per heavy atom. The minimum absolute atomic E-state index is 0.102. The monoisotopic (exact) mass is 387 g/mol. The second-order valence-corrected chi connectivity index (χ2v) is 7.66. The van der Waals surface area contributed by atoms with Gasteiger partial charge >= 0.3 is 5.97 Å². The number of rotatable bonds is 8. The molecular weight excluding hydrogens is 358 g/mol. The Morgan fingerprint density at radius 2 is 1.82 bits per heavy atom. The average molecular weight is 387 g/mol. The van der Waals surface area contributed by atoms with Gasteiger partial charge in [-0.3, -0.25) is 9.59 Å². The molecule has 2 atom stereocenters. The van der Waals surface area contributed by atoms with E-state index in [0.29, 0.717) is 6.42 Å². The van der Waals surface area contributed by atoms with E-state index in [9.17, 15) is 19.5 Å². The second-order valence-electron chi connectivity index (χ2n) is 7.66. The van der Waals surface area contributed by atoms with Gasteiger partial charge in [0, 0.05) is 37.4 Å². The minimum Gasteiger partial charge on any atom is -0.480 e. The zero-order chi connectivity index (χ0) is 20.1. The summed E-state index contributed by atoms with van der Waals surface area (Å²) in [5, 5.41) is 11.9. The van der Waals surface area contributed by atoms with E-state index < -0.39 is 17.9 Å². The van der Waals surface area contributed by atoms with Crippen molar-refractivity contribution in [3.63, 3.8) is 0 Å². The first-order valence-electron chi connectivity index (χ1n) is 10.2. The Kier molecular flexibility index (Phi) is 6.54. The number of benzene rings is 1. The quantitative estimate of drug-likeness (QED) is 0.715. The molecule has 2 fully saturated rings. The van der Waals surface area contributed by atoms with Crippen molar-refractivity contribution in [2.45, 2.75) is 51.5 Å². The van der Waals surface area contributed by atoms with E-state index in [4.69, 9.17) is 0 Å². The Labute approximate surface area is 165 Å². The maximum atomic E-state index is 12.5. The van der Waals surface area contributed by atoms with Crippen molar-refractivity contribution in [1.82, 2.24) is 5.32 Å². The smallest absolute Gasteiger partial charge is 0.326 e. The van der Waals surface area contributed by atoms with E-state index in [1.54, 1.807) is 4.90 Å². The van der Waals surface area contributed by atoms with Crippen LogP contribution in [0, 0.1) is 5.92 Å². The van der Waals surface area contributed by atoms with Gasteiger partial charge in [0.2, 0.25) is 11.8 Å². The van der Waals surface area contributed by atoms with Crippen molar-refractivity contribution >= 4 is 29.2 Å². The number of aliphatic carboxylic acids is 1. The summed E-state index contributed by atoms with van der Waals surface area (Å²) in [6.07, 6.45) is 4.52. The van der Waals surface area contributed by atoms with E-state index >= 15 is 0 Å². The maximum absolute atomic E-state index is 12.5. The molecule has 0 spiro atoms. The number of nitrogens with one attached hydrogen (secondary N) is 1. The number of carboxylic acid groups (broad SMARTS) is 1. The fourth-order valence-electron chi connectivity index (χ4n) is 3.91. The molecule has 2 N–H and O–H groups in total. The second kappa shape index (κ2) is 9.08. The van der Waals surface area contributed by atoms with Gasteiger partial charge in [-0.25, -0.2) is 4.79 Å². The van der Waals surface area contributed by atoms with Gasteiger partial charge in [0.1, 0.15) is 6.04 Å². The zero-order valence-electron chi connectivity index (χ0n) is 16.4. The topological polar surface area (TPSA) is 90.0 Å². The number of nitrogens with zero attached hydrogens (tertiary/aromatic N) is 2. The first-order chi connectivity index (χ1) is 13.5. The van der Waals surface area contributed by atoms with Crippen LogP contribution in [0.3, 0.4) is 0 Å². The summed E-state index contributed by atoms with van der Waals surface area (Å²) >= 11 is 0. The van der Waals surface area contributed by atoms with Crippen LogP contribution in [-0.2, 0) is 14.4 Å². The lowest BCUT2D eigenvalue weighted by Crippen LogP contribution is -2.44. The first kappa shape index (κ1) is 20.2. The highest BCUT2D eigenvalue weighted by Gasteiger charge is 2.36. The molecule has 2 heterocycles. The third-order valence-corrected chi connectivity index (χ3v) is 5.59. The van der Waals surface area contributed by atoms with Crippen molar-refractivity contribution in [1.29, 1.82) is 0 Å². The molecule has 152 valence electrons. The summed E-state index contributed by atoms with van der Waals surface area (Å²) in [5.74, 6) is -2.00. The molecule has 0 saturated carbocycles. The van der Waals surface area contributed by atoms with Gasteiger partial charge in [-0.1, -0.05) is 19.8 Å². The van der Waals surface area contributed by atoms with Crippen molar-refractivity contribution in [3.8, 4) is 0 Å². The fourth-order valence-corrected chi connectivity index (χ4v) is 3.91. The Hall–Kier alpha value is -2.57. The van der Waals surface area contributed by atoms with Crippen LogP contribution in [0.25, 0.3) is 0 Å². The van der Waals surface area contributed by atoms with E-state index in [1.165, 1.54) is 12.8 Å². The third-order valence-electron chi connectivity index (χ3n) is 5.59. The van der Waals surface area contributed by atoms with Crippen LogP contribution in [0.15, 0.2) is 24.3 Å². The lowest BCUT2D eigenvalue weighted by molar-refractivity contribution is -0.142. The number of anilines is 2. The lowest BCUT2D eigenvalue weighted by atomic mass is 10.1. The highest BCUT2D eigenvalue weighted by atomic mass is 16.4. The molecule has 1 aromatic rings. The van der Waals surface area contributed by atoms with Gasteiger partial charge in [-0.15, -0.1) is 0 Å². The Bertz CT molecular complexity index is 713. The maximum Gasteiger partial charge on any atom is 0.326 e. The number of unbranched alkanes of at least 4 members (excludes halogenated alkanes) is 1. The summed E-state index contributed by atoms with van der Waals surface area (Å²) in [6.45, 7) is 4.39. The molecule has 2 aliphatic heterocycles. The Morgan fingerprint density at radius 3 is 2.43 bits per heavy atom. The first-order valence-corrected chi connectivity index (χ1v) is 10.2. The molecule has 2 unspecified atom stereocenters. The van der Waals surface area contributed by atoms with Crippen LogP contribution < -0.4 is 15.1 Å². The molecule has 2 amide bonds. The third kappa shape index (κ3) is 4.64. The van der Waals surface area contributed by atoms with Crippen LogP contribution in [-0.4, -0.2) is 48.6 Å². The molecule has 2 aliphatic rings. The summed E-state index contributed by atoms with van der Waals surface area (Å²) in [4.78, 5) is 40.3. The SMILES string of the molecule is CCCCC(NC(=O)C1CC(=O)N(c2ccc(N3CCCC3)cc2)C1)C(=O)O. The number of carboxylic acids is 1. The van der Waals surface area contributed by atoms with Crippen molar-refractivity contribution in [2.24, 2.45) is 5.92 Å². The van der Waals surface area contributed by atoms with E-state index in [1.807, 2.05) is 31.2 Å². The Balaban J connectivity index is 1.60. The van der Waals surface area contributed by atoms with Crippen LogP contribution >= 0.6 is 0 Å². The molecule has 7 nitrogen and oxygen atoms in total. The van der Waals surface area contributed by atoms with Crippen molar-refractivity contribution < 1.29 is 19.5 Å². The van der Waals surface area contributed by atoms with E-state index in [-0.39, 0.29) is 24.8 Å². The molecule has 0 aromatic heterocycles. The predicted molar refractivity (Wildman–Crippen MR) is 107 cm³/mol. The van der Waals surface area contributed by atoms with Crippen LogP contribution in [0.5, 0.6) is 0 Å². The van der Waals surface area contributed by atoms with Crippen LogP contribution in [0.4, 0.5) is 11.4 Å². The number of carbonyl (C=O) groups is 3. The zero-order valence-corrected chi connectivity index (χ0v) is 16.4. The molecule has 0 radical (unpaired) electrons. The van der Waals surface area contributed by atoms with Crippen molar-refractivity contribution in [3.05, 3.63) is 24.3 Å². The highest BCUT2D eigenvalue weighted by Crippen LogP contribution is 2.28. The molecule has 3 rings (SSSR count). The van der Waals surface area contributed by atoms with E-state index in [0.717, 1.165) is 37.3 Å². The number of amides is 2. The summed E-state index contributed by atoms with van der Waals surface area (Å²) in [5.41, 5.74) is 1.94. The van der Waals surface area contributed by atoms with Crippen LogP contribution in [0.1, 0.15) is 45.4 Å². The largest absolute Gasteiger partial charge is 0.480 e. The number of hydrogen-bond acceptors (Lipinski definition) is 4. The van der Waals surface area contributed by atoms with Crippen LogP contribution in [0.2, 0.25) is 0 Å². The lowest BCUT2D eigenvalue weighted by Gasteiger charge is -2.21. The van der Waals surface area contributed by atoms with Gasteiger partial charge in [0.25, 0.3) is 0 Å². The van der Waals surface area contributed by atoms with Crippen molar-refractivity contribution in [2.75, 3.05) is 29.4 Å². The van der Waals surface area contributed by atoms with Gasteiger partial charge in [0.15, 0.2) is 0 Å². The van der Waals surface area contributed by atoms with Gasteiger partial charge < -0.3 is 20.2 Å². The molecule has 0 bridgehead atoms. The number of carbonyl (C=O) groups excluding carboxylic acids is 2. The van der Waals surface area contributed by atoms with Gasteiger partial charge in [-0.2, -0.15) is 0 Å². The van der Waals surface area contributed by atoms with E-state index in [2.05, 4.69) is 10.2 Å². The molecule has 1 aromatic carbocycles. The fraction of sp³-hybridized carbons (Fsp3) is 0.571. The van der Waals surface area contributed by atoms with Gasteiger partial charge in [-0.05, 0) is 43.5 Å². The highest BCUT2D eigenvalue weighted by molar-refractivity contribution is 6.00. The molecule has 2 saturated heterocycles. The molecular formula is C21H29N3O4. The predicted octanol–water partition coefficient (Wildman–Crippen LogP) is 2.40. The average Bonchev–Trinajstić information content (AvgIpc) is 3.35. The minimum atomic E-state index is -1.03. The standard InChI is InChI=1S/C21H29N3O4/c1-2-3-6-18(21(27)28)22-20(26)15-13-19(25)24(14-15)17-9-7-16(8-10-17)23-11-4-5-12-23/h7-10,15,18H,2-6,11-14H2,1H3,(H,22,26)(H,27,28). The number of hydrogen-bond donors (Lipinski definition) is 2. The summed E-state index contributed by atoms with van der Waals surface area (Å²) in [7, 11) is 0.